The molecule has 1 aromatic heterocycles. The first-order valence-corrected chi connectivity index (χ1v) is 10.3. The Bertz CT molecular complexity index is 838. The summed E-state index contributed by atoms with van der Waals surface area (Å²) in [6.07, 6.45) is 5.58. The average Bonchev–Trinajstić information content (AvgIpc) is 2.80. The summed E-state index contributed by atoms with van der Waals surface area (Å²) in [5, 5.41) is 0. The van der Waals surface area contributed by atoms with E-state index in [9.17, 15) is 4.79 Å². The average molecular weight is 396 g/mol. The summed E-state index contributed by atoms with van der Waals surface area (Å²) in [6, 6.07) is 7.92. The van der Waals surface area contributed by atoms with Crippen molar-refractivity contribution in [2.75, 3.05) is 53.0 Å². The van der Waals surface area contributed by atoms with Crippen LogP contribution in [0.3, 0.4) is 0 Å². The fraction of sp³-hybridized carbons (Fsp3) is 0.500. The summed E-state index contributed by atoms with van der Waals surface area (Å²) in [5.74, 6) is 1.23. The van der Waals surface area contributed by atoms with Crippen LogP contribution in [0.5, 0.6) is 5.75 Å². The van der Waals surface area contributed by atoms with Crippen LogP contribution in [0.4, 0.5) is 0 Å². The molecule has 2 saturated heterocycles. The minimum atomic E-state index is 0.193. The Morgan fingerprint density at radius 1 is 1.17 bits per heavy atom. The summed E-state index contributed by atoms with van der Waals surface area (Å²) in [6.45, 7) is 4.87. The van der Waals surface area contributed by atoms with Crippen molar-refractivity contribution in [3.05, 3.63) is 42.4 Å². The SMILES string of the molecule is COc1ccccc1-c1nccnc1[C@H]1CCCN(CC(=O)N2CCOCC2)C1. The van der Waals surface area contributed by atoms with Crippen LogP contribution in [0.2, 0.25) is 0 Å². The molecular formula is C22H28N4O3. The lowest BCUT2D eigenvalue weighted by Crippen LogP contribution is -2.47. The highest BCUT2D eigenvalue weighted by Gasteiger charge is 2.28. The van der Waals surface area contributed by atoms with Gasteiger partial charge in [0, 0.05) is 43.5 Å². The summed E-state index contributed by atoms with van der Waals surface area (Å²) in [4.78, 5) is 26.2. The molecule has 0 saturated carbocycles. The number of amides is 1. The van der Waals surface area contributed by atoms with Crippen molar-refractivity contribution in [3.8, 4) is 17.0 Å². The molecule has 2 aliphatic rings. The molecule has 1 atom stereocenters. The van der Waals surface area contributed by atoms with Gasteiger partial charge < -0.3 is 14.4 Å². The second kappa shape index (κ2) is 9.33. The van der Waals surface area contributed by atoms with Gasteiger partial charge in [0.05, 0.1) is 38.3 Å². The maximum atomic E-state index is 12.7. The van der Waals surface area contributed by atoms with Crippen LogP contribution in [0.25, 0.3) is 11.3 Å². The largest absolute Gasteiger partial charge is 0.496 e. The number of morpholine rings is 1. The Labute approximate surface area is 171 Å². The number of aromatic nitrogens is 2. The van der Waals surface area contributed by atoms with Gasteiger partial charge in [-0.05, 0) is 31.5 Å². The summed E-state index contributed by atoms with van der Waals surface area (Å²) < 4.78 is 10.9. The minimum Gasteiger partial charge on any atom is -0.496 e. The molecule has 0 radical (unpaired) electrons. The van der Waals surface area contributed by atoms with Crippen molar-refractivity contribution in [2.24, 2.45) is 0 Å². The second-order valence-corrected chi connectivity index (χ2v) is 7.56. The molecule has 0 aliphatic carbocycles. The van der Waals surface area contributed by atoms with Crippen LogP contribution in [-0.2, 0) is 9.53 Å². The van der Waals surface area contributed by atoms with Crippen molar-refractivity contribution in [3.63, 3.8) is 0 Å². The molecule has 1 amide bonds. The molecule has 154 valence electrons. The van der Waals surface area contributed by atoms with E-state index < -0.39 is 0 Å². The normalized spacial score (nSPS) is 20.4. The van der Waals surface area contributed by atoms with Crippen molar-refractivity contribution in [2.45, 2.75) is 18.8 Å². The molecule has 7 heteroatoms. The van der Waals surface area contributed by atoms with Gasteiger partial charge in [0.2, 0.25) is 5.91 Å². The molecule has 0 bridgehead atoms. The molecule has 1 aromatic carbocycles. The number of hydrogen-bond acceptors (Lipinski definition) is 6. The van der Waals surface area contributed by atoms with Crippen molar-refractivity contribution < 1.29 is 14.3 Å². The van der Waals surface area contributed by atoms with Gasteiger partial charge in [0.25, 0.3) is 0 Å². The van der Waals surface area contributed by atoms with Crippen LogP contribution in [0.15, 0.2) is 36.7 Å². The topological polar surface area (TPSA) is 67.8 Å². The first-order chi connectivity index (χ1) is 14.3. The lowest BCUT2D eigenvalue weighted by Gasteiger charge is -2.35. The molecule has 0 spiro atoms. The van der Waals surface area contributed by atoms with Gasteiger partial charge in [0.15, 0.2) is 0 Å². The molecule has 4 rings (SSSR count). The molecule has 3 heterocycles. The fourth-order valence-corrected chi connectivity index (χ4v) is 4.22. The van der Waals surface area contributed by atoms with E-state index in [2.05, 4.69) is 9.88 Å². The van der Waals surface area contributed by atoms with Gasteiger partial charge in [-0.1, -0.05) is 12.1 Å². The van der Waals surface area contributed by atoms with E-state index in [1.807, 2.05) is 29.2 Å². The molecule has 2 aromatic rings. The molecule has 29 heavy (non-hydrogen) atoms. The Morgan fingerprint density at radius 3 is 2.79 bits per heavy atom. The van der Waals surface area contributed by atoms with Gasteiger partial charge in [-0.15, -0.1) is 0 Å². The van der Waals surface area contributed by atoms with E-state index in [0.29, 0.717) is 32.8 Å². The van der Waals surface area contributed by atoms with Gasteiger partial charge in [0.1, 0.15) is 5.75 Å². The number of benzene rings is 1. The first kappa shape index (κ1) is 19.8. The van der Waals surface area contributed by atoms with Crippen LogP contribution in [0.1, 0.15) is 24.5 Å². The van der Waals surface area contributed by atoms with E-state index >= 15 is 0 Å². The number of hydrogen-bond donors (Lipinski definition) is 0. The zero-order chi connectivity index (χ0) is 20.1. The highest BCUT2D eigenvalue weighted by Crippen LogP contribution is 2.35. The van der Waals surface area contributed by atoms with Gasteiger partial charge in [-0.2, -0.15) is 0 Å². The van der Waals surface area contributed by atoms with Gasteiger partial charge >= 0.3 is 0 Å². The third kappa shape index (κ3) is 4.57. The number of piperidine rings is 1. The predicted octanol–water partition coefficient (Wildman–Crippen LogP) is 2.19. The quantitative estimate of drug-likeness (QED) is 0.772. The number of nitrogens with zero attached hydrogens (tertiary/aromatic N) is 4. The van der Waals surface area contributed by atoms with Crippen LogP contribution in [-0.4, -0.2) is 78.7 Å². The monoisotopic (exact) mass is 396 g/mol. The molecule has 7 nitrogen and oxygen atoms in total. The number of carbonyl (C=O) groups is 1. The summed E-state index contributed by atoms with van der Waals surface area (Å²) in [7, 11) is 1.68. The second-order valence-electron chi connectivity index (χ2n) is 7.56. The molecule has 0 N–H and O–H groups in total. The fourth-order valence-electron chi connectivity index (χ4n) is 4.22. The smallest absolute Gasteiger partial charge is 0.236 e. The number of carbonyl (C=O) groups excluding carboxylic acids is 1. The molecular weight excluding hydrogens is 368 g/mol. The van der Waals surface area contributed by atoms with E-state index in [4.69, 9.17) is 14.5 Å². The lowest BCUT2D eigenvalue weighted by molar-refractivity contribution is -0.136. The Kier molecular flexibility index (Phi) is 6.36. The minimum absolute atomic E-state index is 0.193. The van der Waals surface area contributed by atoms with Crippen molar-refractivity contribution >= 4 is 5.91 Å². The van der Waals surface area contributed by atoms with E-state index in [-0.39, 0.29) is 11.8 Å². The van der Waals surface area contributed by atoms with Crippen LogP contribution in [0, 0.1) is 0 Å². The number of methoxy groups -OCH3 is 1. The standard InChI is InChI=1S/C22H28N4O3/c1-28-19-7-3-2-6-18(19)22-21(23-8-9-24-22)17-5-4-10-25(15-17)16-20(27)26-11-13-29-14-12-26/h2-3,6-9,17H,4-5,10-16H2,1H3/t17-/m0/s1. The molecule has 0 unspecified atom stereocenters. The highest BCUT2D eigenvalue weighted by atomic mass is 16.5. The number of rotatable bonds is 5. The van der Waals surface area contributed by atoms with Crippen molar-refractivity contribution in [1.82, 2.24) is 19.8 Å². The zero-order valence-corrected chi connectivity index (χ0v) is 16.9. The molecule has 2 fully saturated rings. The Hall–Kier alpha value is -2.51. The zero-order valence-electron chi connectivity index (χ0n) is 16.9. The maximum absolute atomic E-state index is 12.7. The number of para-hydroxylation sites is 1. The summed E-state index contributed by atoms with van der Waals surface area (Å²) >= 11 is 0. The van der Waals surface area contributed by atoms with E-state index in [1.165, 1.54) is 0 Å². The van der Waals surface area contributed by atoms with E-state index in [1.54, 1.807) is 19.5 Å². The third-order valence-corrected chi connectivity index (χ3v) is 5.70. The molecule has 2 aliphatic heterocycles. The predicted molar refractivity (Wildman–Crippen MR) is 110 cm³/mol. The Morgan fingerprint density at radius 2 is 1.97 bits per heavy atom. The highest BCUT2D eigenvalue weighted by molar-refractivity contribution is 5.78. The van der Waals surface area contributed by atoms with Crippen molar-refractivity contribution in [1.29, 1.82) is 0 Å². The number of likely N-dealkylation sites (tertiary alicyclic amines) is 1. The number of ether oxygens (including phenoxy) is 2. The first-order valence-electron chi connectivity index (χ1n) is 10.3. The lowest BCUT2D eigenvalue weighted by atomic mass is 9.91. The van der Waals surface area contributed by atoms with Crippen LogP contribution >= 0.6 is 0 Å². The van der Waals surface area contributed by atoms with E-state index in [0.717, 1.165) is 48.6 Å². The summed E-state index contributed by atoms with van der Waals surface area (Å²) in [5.41, 5.74) is 2.82. The van der Waals surface area contributed by atoms with Gasteiger partial charge in [-0.3, -0.25) is 19.7 Å². The maximum Gasteiger partial charge on any atom is 0.236 e. The van der Waals surface area contributed by atoms with Crippen LogP contribution < -0.4 is 4.74 Å². The third-order valence-electron chi connectivity index (χ3n) is 5.70. The van der Waals surface area contributed by atoms with Gasteiger partial charge in [-0.25, -0.2) is 0 Å². The Balaban J connectivity index is 1.51.